The van der Waals surface area contributed by atoms with E-state index in [2.05, 4.69) is 9.97 Å². The second-order valence-corrected chi connectivity index (χ2v) is 6.76. The number of rotatable bonds is 2. The second kappa shape index (κ2) is 5.56. The fourth-order valence-electron chi connectivity index (χ4n) is 3.93. The number of ether oxygens (including phenoxy) is 1. The molecule has 0 aromatic carbocycles. The summed E-state index contributed by atoms with van der Waals surface area (Å²) >= 11 is 0. The summed E-state index contributed by atoms with van der Waals surface area (Å²) in [5.74, 6) is 0.180. The summed E-state index contributed by atoms with van der Waals surface area (Å²) in [5.41, 5.74) is 0.597. The minimum Gasteiger partial charge on any atom is -0.368 e. The van der Waals surface area contributed by atoms with E-state index < -0.39 is 0 Å². The first kappa shape index (κ1) is 14.6. The van der Waals surface area contributed by atoms with E-state index in [0.717, 1.165) is 24.9 Å². The Labute approximate surface area is 134 Å². The number of hydrogen-bond acceptors (Lipinski definition) is 5. The molecule has 3 aliphatic heterocycles. The van der Waals surface area contributed by atoms with E-state index in [4.69, 9.17) is 4.74 Å². The Morgan fingerprint density at radius 2 is 2.13 bits per heavy atom. The number of amides is 2. The number of nitrogens with zero attached hydrogens (tertiary/aromatic N) is 4. The van der Waals surface area contributed by atoms with Crippen LogP contribution in [-0.4, -0.2) is 59.0 Å². The molecule has 0 unspecified atom stereocenters. The van der Waals surface area contributed by atoms with Crippen molar-refractivity contribution in [3.05, 3.63) is 18.7 Å². The maximum Gasteiger partial charge on any atom is 0.251 e. The highest BCUT2D eigenvalue weighted by molar-refractivity contribution is 5.96. The first-order chi connectivity index (χ1) is 11.2. The quantitative estimate of drug-likeness (QED) is 0.799. The van der Waals surface area contributed by atoms with Crippen LogP contribution in [0.15, 0.2) is 18.7 Å². The standard InChI is InChI=1S/C16H20N4O3/c21-14-6-16(10-20(14)12-7-17-11-18-8-12)3-4-19(9-16)15(22)13-2-1-5-23-13/h7-8,11,13H,1-6,9-10H2/t13-,16+/m1/s1. The molecule has 7 heteroatoms. The molecule has 0 aliphatic carbocycles. The van der Waals surface area contributed by atoms with Gasteiger partial charge in [-0.25, -0.2) is 9.97 Å². The van der Waals surface area contributed by atoms with E-state index >= 15 is 0 Å². The van der Waals surface area contributed by atoms with Gasteiger partial charge in [0.15, 0.2) is 0 Å². The molecule has 1 aromatic rings. The van der Waals surface area contributed by atoms with Gasteiger partial charge in [0, 0.05) is 38.1 Å². The molecule has 122 valence electrons. The lowest BCUT2D eigenvalue weighted by atomic mass is 9.86. The molecule has 1 aromatic heterocycles. The summed E-state index contributed by atoms with van der Waals surface area (Å²) in [6, 6.07) is 0. The zero-order chi connectivity index (χ0) is 15.9. The Hall–Kier alpha value is -2.02. The molecule has 4 rings (SSSR count). The topological polar surface area (TPSA) is 75.6 Å². The lowest BCUT2D eigenvalue weighted by molar-refractivity contribution is -0.140. The van der Waals surface area contributed by atoms with Crippen LogP contribution in [0.4, 0.5) is 5.69 Å². The maximum absolute atomic E-state index is 12.5. The van der Waals surface area contributed by atoms with E-state index in [0.29, 0.717) is 32.7 Å². The van der Waals surface area contributed by atoms with Gasteiger partial charge in [-0.3, -0.25) is 9.59 Å². The Kier molecular flexibility index (Phi) is 3.52. The van der Waals surface area contributed by atoms with E-state index in [1.807, 2.05) is 4.90 Å². The van der Waals surface area contributed by atoms with E-state index in [9.17, 15) is 9.59 Å². The third-order valence-electron chi connectivity index (χ3n) is 5.13. The molecule has 4 heterocycles. The number of carbonyl (C=O) groups is 2. The summed E-state index contributed by atoms with van der Waals surface area (Å²) in [6.45, 7) is 2.66. The average molecular weight is 316 g/mol. The third-order valence-corrected chi connectivity index (χ3v) is 5.13. The van der Waals surface area contributed by atoms with Crippen molar-refractivity contribution in [1.29, 1.82) is 0 Å². The molecule has 0 radical (unpaired) electrons. The van der Waals surface area contributed by atoms with Crippen molar-refractivity contribution in [3.8, 4) is 0 Å². The monoisotopic (exact) mass is 316 g/mol. The molecule has 7 nitrogen and oxygen atoms in total. The van der Waals surface area contributed by atoms with Crippen LogP contribution in [0, 0.1) is 5.41 Å². The van der Waals surface area contributed by atoms with Gasteiger partial charge >= 0.3 is 0 Å². The molecule has 0 N–H and O–H groups in total. The summed E-state index contributed by atoms with van der Waals surface area (Å²) in [6.07, 6.45) is 7.61. The first-order valence-electron chi connectivity index (χ1n) is 8.13. The highest BCUT2D eigenvalue weighted by Crippen LogP contribution is 2.42. The Morgan fingerprint density at radius 1 is 1.30 bits per heavy atom. The van der Waals surface area contributed by atoms with Crippen molar-refractivity contribution < 1.29 is 14.3 Å². The molecule has 3 fully saturated rings. The molecule has 0 saturated carbocycles. The predicted molar refractivity (Wildman–Crippen MR) is 81.6 cm³/mol. The zero-order valence-electron chi connectivity index (χ0n) is 13.0. The number of likely N-dealkylation sites (tertiary alicyclic amines) is 1. The van der Waals surface area contributed by atoms with Crippen LogP contribution in [-0.2, 0) is 14.3 Å². The minimum absolute atomic E-state index is 0.0891. The average Bonchev–Trinajstić information content (AvgIpc) is 3.29. The van der Waals surface area contributed by atoms with Crippen molar-refractivity contribution in [2.45, 2.75) is 31.8 Å². The molecule has 3 aliphatic rings. The molecule has 0 bridgehead atoms. The van der Waals surface area contributed by atoms with Crippen LogP contribution >= 0.6 is 0 Å². The van der Waals surface area contributed by atoms with Crippen molar-refractivity contribution >= 4 is 17.5 Å². The minimum atomic E-state index is -0.277. The van der Waals surface area contributed by atoms with Gasteiger partial charge < -0.3 is 14.5 Å². The van der Waals surface area contributed by atoms with Crippen LogP contribution in [0.1, 0.15) is 25.7 Å². The van der Waals surface area contributed by atoms with Crippen molar-refractivity contribution in [2.75, 3.05) is 31.1 Å². The Morgan fingerprint density at radius 3 is 2.87 bits per heavy atom. The molecular formula is C16H20N4O3. The predicted octanol–water partition coefficient (Wildman–Crippen LogP) is 0.611. The molecule has 2 amide bonds. The van der Waals surface area contributed by atoms with Gasteiger partial charge in [0.2, 0.25) is 5.91 Å². The largest absolute Gasteiger partial charge is 0.368 e. The summed E-state index contributed by atoms with van der Waals surface area (Å²) in [5, 5.41) is 0. The Bertz CT molecular complexity index is 617. The van der Waals surface area contributed by atoms with Crippen LogP contribution in [0.3, 0.4) is 0 Å². The smallest absolute Gasteiger partial charge is 0.251 e. The van der Waals surface area contributed by atoms with Crippen molar-refractivity contribution in [1.82, 2.24) is 14.9 Å². The number of aromatic nitrogens is 2. The highest BCUT2D eigenvalue weighted by atomic mass is 16.5. The van der Waals surface area contributed by atoms with Gasteiger partial charge in [-0.05, 0) is 19.3 Å². The van der Waals surface area contributed by atoms with Gasteiger partial charge in [0.05, 0.1) is 18.1 Å². The fourth-order valence-corrected chi connectivity index (χ4v) is 3.93. The molecule has 1 spiro atoms. The van der Waals surface area contributed by atoms with Gasteiger partial charge in [-0.1, -0.05) is 0 Å². The second-order valence-electron chi connectivity index (χ2n) is 6.76. The lowest BCUT2D eigenvalue weighted by Gasteiger charge is -2.25. The van der Waals surface area contributed by atoms with E-state index in [1.165, 1.54) is 6.33 Å². The van der Waals surface area contributed by atoms with E-state index in [-0.39, 0.29) is 23.3 Å². The third kappa shape index (κ3) is 2.59. The van der Waals surface area contributed by atoms with Crippen molar-refractivity contribution in [2.24, 2.45) is 5.41 Å². The number of hydrogen-bond donors (Lipinski definition) is 0. The molecular weight excluding hydrogens is 296 g/mol. The number of anilines is 1. The molecule has 3 saturated heterocycles. The highest BCUT2D eigenvalue weighted by Gasteiger charge is 2.49. The number of carbonyl (C=O) groups excluding carboxylic acids is 2. The zero-order valence-corrected chi connectivity index (χ0v) is 13.0. The van der Waals surface area contributed by atoms with Gasteiger partial charge in [-0.15, -0.1) is 0 Å². The fraction of sp³-hybridized carbons (Fsp3) is 0.625. The first-order valence-corrected chi connectivity index (χ1v) is 8.13. The summed E-state index contributed by atoms with van der Waals surface area (Å²) < 4.78 is 5.50. The van der Waals surface area contributed by atoms with Crippen LogP contribution in [0.25, 0.3) is 0 Å². The lowest BCUT2D eigenvalue weighted by Crippen LogP contribution is -2.39. The Balaban J connectivity index is 1.46. The SMILES string of the molecule is O=C([C@H]1CCCO1)N1CC[C@]2(CC(=O)N(c3cncnc3)C2)C1. The molecule has 2 atom stereocenters. The van der Waals surface area contributed by atoms with Crippen molar-refractivity contribution in [3.63, 3.8) is 0 Å². The van der Waals surface area contributed by atoms with Gasteiger partial charge in [0.25, 0.3) is 5.91 Å². The van der Waals surface area contributed by atoms with Gasteiger partial charge in [0.1, 0.15) is 12.4 Å². The van der Waals surface area contributed by atoms with Crippen LogP contribution in [0.2, 0.25) is 0 Å². The summed E-state index contributed by atoms with van der Waals surface area (Å²) in [4.78, 5) is 36.5. The van der Waals surface area contributed by atoms with Gasteiger partial charge in [-0.2, -0.15) is 0 Å². The summed E-state index contributed by atoms with van der Waals surface area (Å²) in [7, 11) is 0. The van der Waals surface area contributed by atoms with Crippen LogP contribution < -0.4 is 4.90 Å². The molecule has 23 heavy (non-hydrogen) atoms. The maximum atomic E-state index is 12.5. The van der Waals surface area contributed by atoms with E-state index in [1.54, 1.807) is 17.3 Å². The van der Waals surface area contributed by atoms with Crippen LogP contribution in [0.5, 0.6) is 0 Å². The normalized spacial score (nSPS) is 30.6.